The fourth-order valence-corrected chi connectivity index (χ4v) is 1.69. The van der Waals surface area contributed by atoms with Crippen LogP contribution >= 0.6 is 0 Å². The van der Waals surface area contributed by atoms with E-state index in [9.17, 15) is 0 Å². The predicted octanol–water partition coefficient (Wildman–Crippen LogP) is 4.17. The standard InChI is InChI=1S/C13H19/c1-3-5-9-12(4-2)13-10-7-6-8-11-13/h6-8,10,12H,3-5,9H2,1-2H3. The molecular weight excluding hydrogens is 156 g/mol. The van der Waals surface area contributed by atoms with Gasteiger partial charge in [0.1, 0.15) is 0 Å². The number of hydrogen-bond donors (Lipinski definition) is 0. The van der Waals surface area contributed by atoms with E-state index in [1.807, 2.05) is 12.1 Å². The second-order valence-electron chi connectivity index (χ2n) is 3.57. The topological polar surface area (TPSA) is 0 Å². The van der Waals surface area contributed by atoms with Crippen LogP contribution in [0.25, 0.3) is 0 Å². The van der Waals surface area contributed by atoms with E-state index in [0.717, 1.165) is 5.92 Å². The molecule has 1 aromatic rings. The average molecular weight is 175 g/mol. The Labute approximate surface area is 82.0 Å². The monoisotopic (exact) mass is 175 g/mol. The molecule has 0 aromatic heterocycles. The zero-order valence-electron chi connectivity index (χ0n) is 8.72. The molecule has 0 aliphatic heterocycles. The van der Waals surface area contributed by atoms with Crippen LogP contribution in [0.4, 0.5) is 0 Å². The third-order valence-corrected chi connectivity index (χ3v) is 2.57. The Balaban J connectivity index is 2.56. The van der Waals surface area contributed by atoms with Crippen LogP contribution in [0.2, 0.25) is 0 Å². The third kappa shape index (κ3) is 3.22. The molecule has 0 aliphatic rings. The van der Waals surface area contributed by atoms with E-state index < -0.39 is 0 Å². The molecular formula is C13H19. The summed E-state index contributed by atoms with van der Waals surface area (Å²) in [5, 5.41) is 0. The summed E-state index contributed by atoms with van der Waals surface area (Å²) >= 11 is 0. The van der Waals surface area contributed by atoms with E-state index >= 15 is 0 Å². The summed E-state index contributed by atoms with van der Waals surface area (Å²) in [6.07, 6.45) is 5.18. The second-order valence-corrected chi connectivity index (χ2v) is 3.57. The summed E-state index contributed by atoms with van der Waals surface area (Å²) in [4.78, 5) is 0. The van der Waals surface area contributed by atoms with Gasteiger partial charge in [-0.2, -0.15) is 0 Å². The molecule has 0 saturated heterocycles. The van der Waals surface area contributed by atoms with Gasteiger partial charge in [0.05, 0.1) is 0 Å². The van der Waals surface area contributed by atoms with Gasteiger partial charge in [0, 0.05) is 0 Å². The maximum absolute atomic E-state index is 3.33. The zero-order valence-corrected chi connectivity index (χ0v) is 8.72. The third-order valence-electron chi connectivity index (χ3n) is 2.57. The maximum atomic E-state index is 3.33. The molecule has 1 atom stereocenters. The van der Waals surface area contributed by atoms with E-state index in [1.54, 1.807) is 0 Å². The van der Waals surface area contributed by atoms with Crippen molar-refractivity contribution in [2.45, 2.75) is 45.4 Å². The summed E-state index contributed by atoms with van der Waals surface area (Å²) in [6.45, 7) is 4.52. The molecule has 0 saturated carbocycles. The molecule has 71 valence electrons. The molecule has 13 heavy (non-hydrogen) atoms. The largest absolute Gasteiger partial charge is 0.0654 e. The van der Waals surface area contributed by atoms with Gasteiger partial charge in [-0.3, -0.25) is 0 Å². The van der Waals surface area contributed by atoms with E-state index in [2.05, 4.69) is 32.0 Å². The Morgan fingerprint density at radius 1 is 1.31 bits per heavy atom. The molecule has 1 rings (SSSR count). The lowest BCUT2D eigenvalue weighted by Gasteiger charge is -2.13. The first-order valence-corrected chi connectivity index (χ1v) is 5.35. The summed E-state index contributed by atoms with van der Waals surface area (Å²) in [7, 11) is 0. The lowest BCUT2D eigenvalue weighted by molar-refractivity contribution is 0.569. The van der Waals surface area contributed by atoms with Gasteiger partial charge in [0.2, 0.25) is 0 Å². The predicted molar refractivity (Wildman–Crippen MR) is 57.8 cm³/mol. The number of hydrogen-bond acceptors (Lipinski definition) is 0. The first-order chi connectivity index (χ1) is 6.38. The molecule has 1 unspecified atom stereocenters. The molecule has 0 heterocycles. The number of benzene rings is 1. The van der Waals surface area contributed by atoms with Crippen molar-refractivity contribution in [3.8, 4) is 0 Å². The van der Waals surface area contributed by atoms with Gasteiger partial charge in [0.25, 0.3) is 0 Å². The molecule has 0 amide bonds. The van der Waals surface area contributed by atoms with Crippen molar-refractivity contribution in [1.29, 1.82) is 0 Å². The smallest absolute Gasteiger partial charge is 0.0146 e. The number of rotatable bonds is 5. The summed E-state index contributed by atoms with van der Waals surface area (Å²) in [5.74, 6) is 0.723. The van der Waals surface area contributed by atoms with Crippen LogP contribution in [-0.4, -0.2) is 0 Å². The van der Waals surface area contributed by atoms with Crippen molar-refractivity contribution >= 4 is 0 Å². The van der Waals surface area contributed by atoms with E-state index in [1.165, 1.54) is 31.2 Å². The molecule has 0 nitrogen and oxygen atoms in total. The Morgan fingerprint density at radius 2 is 2.15 bits per heavy atom. The molecule has 1 radical (unpaired) electrons. The minimum atomic E-state index is 0.723. The normalized spacial score (nSPS) is 12.8. The lowest BCUT2D eigenvalue weighted by Crippen LogP contribution is -1.96. The Kier molecular flexibility index (Phi) is 4.59. The van der Waals surface area contributed by atoms with Crippen LogP contribution in [0, 0.1) is 6.07 Å². The minimum absolute atomic E-state index is 0.723. The highest BCUT2D eigenvalue weighted by molar-refractivity contribution is 5.17. The summed E-state index contributed by atoms with van der Waals surface area (Å²) < 4.78 is 0. The van der Waals surface area contributed by atoms with Crippen molar-refractivity contribution in [1.82, 2.24) is 0 Å². The van der Waals surface area contributed by atoms with E-state index in [0.29, 0.717) is 0 Å². The Bertz CT molecular complexity index is 213. The molecule has 1 aromatic carbocycles. The van der Waals surface area contributed by atoms with Gasteiger partial charge >= 0.3 is 0 Å². The molecule has 0 bridgehead atoms. The van der Waals surface area contributed by atoms with Gasteiger partial charge < -0.3 is 0 Å². The van der Waals surface area contributed by atoms with Gasteiger partial charge in [-0.05, 0) is 30.4 Å². The van der Waals surface area contributed by atoms with Crippen LogP contribution in [0.3, 0.4) is 0 Å². The van der Waals surface area contributed by atoms with Crippen LogP contribution in [-0.2, 0) is 0 Å². The fourth-order valence-electron chi connectivity index (χ4n) is 1.69. The van der Waals surface area contributed by atoms with Gasteiger partial charge in [-0.1, -0.05) is 51.0 Å². The summed E-state index contributed by atoms with van der Waals surface area (Å²) in [5.41, 5.74) is 1.39. The zero-order chi connectivity index (χ0) is 9.52. The molecule has 0 aliphatic carbocycles. The first-order valence-electron chi connectivity index (χ1n) is 5.35. The van der Waals surface area contributed by atoms with Crippen molar-refractivity contribution in [3.63, 3.8) is 0 Å². The van der Waals surface area contributed by atoms with Gasteiger partial charge in [-0.15, -0.1) is 0 Å². The summed E-state index contributed by atoms with van der Waals surface area (Å²) in [6, 6.07) is 11.7. The second kappa shape index (κ2) is 5.80. The van der Waals surface area contributed by atoms with Crippen LogP contribution in [0.15, 0.2) is 24.3 Å². The molecule has 0 spiro atoms. The van der Waals surface area contributed by atoms with Gasteiger partial charge in [0.15, 0.2) is 0 Å². The van der Waals surface area contributed by atoms with Crippen molar-refractivity contribution in [3.05, 3.63) is 35.9 Å². The SMILES string of the molecule is CCCCC(CC)c1[c]cccc1. The van der Waals surface area contributed by atoms with Crippen molar-refractivity contribution in [2.75, 3.05) is 0 Å². The van der Waals surface area contributed by atoms with E-state index in [-0.39, 0.29) is 0 Å². The quantitative estimate of drug-likeness (QED) is 0.630. The average Bonchev–Trinajstić information content (AvgIpc) is 2.21. The van der Waals surface area contributed by atoms with Gasteiger partial charge in [-0.25, -0.2) is 0 Å². The molecule has 0 heteroatoms. The minimum Gasteiger partial charge on any atom is -0.0654 e. The van der Waals surface area contributed by atoms with Crippen molar-refractivity contribution < 1.29 is 0 Å². The van der Waals surface area contributed by atoms with Crippen molar-refractivity contribution in [2.24, 2.45) is 0 Å². The first kappa shape index (κ1) is 10.3. The highest BCUT2D eigenvalue weighted by Crippen LogP contribution is 2.24. The van der Waals surface area contributed by atoms with E-state index in [4.69, 9.17) is 0 Å². The highest BCUT2D eigenvalue weighted by Gasteiger charge is 2.07. The van der Waals surface area contributed by atoms with Crippen LogP contribution < -0.4 is 0 Å². The lowest BCUT2D eigenvalue weighted by atomic mass is 9.91. The Morgan fingerprint density at radius 3 is 2.69 bits per heavy atom. The van der Waals surface area contributed by atoms with Crippen LogP contribution in [0.5, 0.6) is 0 Å². The fraction of sp³-hybridized carbons (Fsp3) is 0.538. The Hall–Kier alpha value is -0.780. The number of unbranched alkanes of at least 4 members (excludes halogenated alkanes) is 1. The molecule has 0 fully saturated rings. The van der Waals surface area contributed by atoms with Crippen LogP contribution in [0.1, 0.15) is 51.0 Å². The highest BCUT2D eigenvalue weighted by atomic mass is 14.1. The molecule has 0 N–H and O–H groups in total. The maximum Gasteiger partial charge on any atom is -0.0146 e.